The second kappa shape index (κ2) is 7.04. The Morgan fingerprint density at radius 2 is 1.70 bits per heavy atom. The van der Waals surface area contributed by atoms with Gasteiger partial charge in [0.15, 0.2) is 0 Å². The Bertz CT molecular complexity index is 344. The number of aliphatic hydroxyl groups is 1. The summed E-state index contributed by atoms with van der Waals surface area (Å²) in [6.45, 7) is 11.5. The molecule has 116 valence electrons. The third-order valence-electron chi connectivity index (χ3n) is 3.63. The molecular formula is C14H27N3O3. The molecule has 20 heavy (non-hydrogen) atoms. The van der Waals surface area contributed by atoms with E-state index in [9.17, 15) is 9.59 Å². The van der Waals surface area contributed by atoms with Crippen molar-refractivity contribution in [2.45, 2.75) is 33.2 Å². The SMILES string of the molecule is CCN(C(=O)C(=O)N1CCN(CCO)CC1)C(C)(C)C. The van der Waals surface area contributed by atoms with Crippen LogP contribution in [0.25, 0.3) is 0 Å². The number of likely N-dealkylation sites (N-methyl/N-ethyl adjacent to an activating group) is 1. The Balaban J connectivity index is 2.60. The first-order valence-corrected chi connectivity index (χ1v) is 7.25. The van der Waals surface area contributed by atoms with Crippen LogP contribution in [0.4, 0.5) is 0 Å². The molecule has 6 nitrogen and oxygen atoms in total. The molecule has 1 fully saturated rings. The summed E-state index contributed by atoms with van der Waals surface area (Å²) in [6, 6.07) is 0. The van der Waals surface area contributed by atoms with Gasteiger partial charge in [-0.05, 0) is 27.7 Å². The summed E-state index contributed by atoms with van der Waals surface area (Å²) in [5.41, 5.74) is -0.347. The quantitative estimate of drug-likeness (QED) is 0.728. The number of aliphatic hydroxyl groups excluding tert-OH is 1. The molecule has 0 aromatic carbocycles. The molecule has 1 aliphatic heterocycles. The van der Waals surface area contributed by atoms with Crippen molar-refractivity contribution in [2.75, 3.05) is 45.9 Å². The Morgan fingerprint density at radius 1 is 1.15 bits per heavy atom. The molecule has 1 heterocycles. The van der Waals surface area contributed by atoms with Crippen molar-refractivity contribution in [1.29, 1.82) is 0 Å². The number of β-amino-alcohol motifs (C(OH)–C–C–N with tert-alkyl or cyclic N) is 1. The first-order chi connectivity index (χ1) is 9.31. The monoisotopic (exact) mass is 285 g/mol. The van der Waals surface area contributed by atoms with Crippen LogP contribution >= 0.6 is 0 Å². The van der Waals surface area contributed by atoms with Gasteiger partial charge < -0.3 is 14.9 Å². The summed E-state index contributed by atoms with van der Waals surface area (Å²) >= 11 is 0. The summed E-state index contributed by atoms with van der Waals surface area (Å²) in [5, 5.41) is 8.89. The summed E-state index contributed by atoms with van der Waals surface area (Å²) in [5.74, 6) is -0.832. The van der Waals surface area contributed by atoms with Gasteiger partial charge in [0.25, 0.3) is 0 Å². The molecule has 1 N–H and O–H groups in total. The molecule has 0 aromatic rings. The highest BCUT2D eigenvalue weighted by atomic mass is 16.3. The van der Waals surface area contributed by atoms with Gasteiger partial charge in [0, 0.05) is 44.8 Å². The first-order valence-electron chi connectivity index (χ1n) is 7.25. The molecule has 0 atom stereocenters. The van der Waals surface area contributed by atoms with E-state index in [2.05, 4.69) is 4.90 Å². The second-order valence-corrected chi connectivity index (χ2v) is 6.08. The second-order valence-electron chi connectivity index (χ2n) is 6.08. The van der Waals surface area contributed by atoms with Crippen LogP contribution in [0.5, 0.6) is 0 Å². The molecular weight excluding hydrogens is 258 g/mol. The lowest BCUT2D eigenvalue weighted by Gasteiger charge is -2.38. The number of piperazine rings is 1. The van der Waals surface area contributed by atoms with Crippen molar-refractivity contribution in [3.8, 4) is 0 Å². The maximum absolute atomic E-state index is 12.3. The van der Waals surface area contributed by atoms with Crippen molar-refractivity contribution in [1.82, 2.24) is 14.7 Å². The number of hydrogen-bond donors (Lipinski definition) is 1. The minimum absolute atomic E-state index is 0.126. The summed E-state index contributed by atoms with van der Waals surface area (Å²) < 4.78 is 0. The summed E-state index contributed by atoms with van der Waals surface area (Å²) in [4.78, 5) is 29.9. The number of nitrogens with zero attached hydrogens (tertiary/aromatic N) is 3. The van der Waals surface area contributed by atoms with Crippen molar-refractivity contribution in [2.24, 2.45) is 0 Å². The first kappa shape index (κ1) is 16.9. The zero-order valence-corrected chi connectivity index (χ0v) is 13.1. The molecule has 0 bridgehead atoms. The highest BCUT2D eigenvalue weighted by Crippen LogP contribution is 2.14. The van der Waals surface area contributed by atoms with Crippen LogP contribution in [0, 0.1) is 0 Å². The number of hydrogen-bond acceptors (Lipinski definition) is 4. The van der Waals surface area contributed by atoms with E-state index in [1.54, 1.807) is 9.80 Å². The Labute approximate surface area is 121 Å². The van der Waals surface area contributed by atoms with Crippen molar-refractivity contribution < 1.29 is 14.7 Å². The van der Waals surface area contributed by atoms with E-state index in [-0.39, 0.29) is 12.1 Å². The van der Waals surface area contributed by atoms with Gasteiger partial charge in [-0.1, -0.05) is 0 Å². The van der Waals surface area contributed by atoms with Crippen LogP contribution < -0.4 is 0 Å². The third kappa shape index (κ3) is 4.18. The van der Waals surface area contributed by atoms with E-state index >= 15 is 0 Å². The molecule has 2 amide bonds. The van der Waals surface area contributed by atoms with E-state index in [1.165, 1.54) is 0 Å². The average molecular weight is 285 g/mol. The fourth-order valence-corrected chi connectivity index (χ4v) is 2.49. The lowest BCUT2D eigenvalue weighted by molar-refractivity contribution is -0.155. The van der Waals surface area contributed by atoms with Crippen LogP contribution in [0.15, 0.2) is 0 Å². The predicted octanol–water partition coefficient (Wildman–Crippen LogP) is -0.230. The van der Waals surface area contributed by atoms with E-state index < -0.39 is 11.8 Å². The van der Waals surface area contributed by atoms with Crippen LogP contribution in [-0.4, -0.2) is 83.0 Å². The highest BCUT2D eigenvalue weighted by molar-refractivity contribution is 6.35. The molecule has 1 rings (SSSR count). The van der Waals surface area contributed by atoms with Gasteiger partial charge in [-0.2, -0.15) is 0 Å². The van der Waals surface area contributed by atoms with Crippen molar-refractivity contribution >= 4 is 11.8 Å². The number of carbonyl (C=O) groups is 2. The molecule has 1 saturated heterocycles. The number of amides is 2. The normalized spacial score (nSPS) is 17.1. The zero-order valence-electron chi connectivity index (χ0n) is 13.1. The summed E-state index contributed by atoms with van der Waals surface area (Å²) in [7, 11) is 0. The van der Waals surface area contributed by atoms with E-state index in [0.717, 1.165) is 0 Å². The predicted molar refractivity (Wildman–Crippen MR) is 77.2 cm³/mol. The number of rotatable bonds is 3. The molecule has 0 aromatic heterocycles. The van der Waals surface area contributed by atoms with E-state index in [0.29, 0.717) is 39.3 Å². The van der Waals surface area contributed by atoms with Crippen molar-refractivity contribution in [3.05, 3.63) is 0 Å². The maximum Gasteiger partial charge on any atom is 0.312 e. The van der Waals surface area contributed by atoms with Gasteiger partial charge >= 0.3 is 11.8 Å². The topological polar surface area (TPSA) is 64.1 Å². The Morgan fingerprint density at radius 3 is 2.10 bits per heavy atom. The maximum atomic E-state index is 12.3. The molecule has 6 heteroatoms. The molecule has 0 unspecified atom stereocenters. The molecule has 0 aliphatic carbocycles. The van der Waals surface area contributed by atoms with Crippen LogP contribution in [0.1, 0.15) is 27.7 Å². The lowest BCUT2D eigenvalue weighted by atomic mass is 10.1. The van der Waals surface area contributed by atoms with Gasteiger partial charge in [0.1, 0.15) is 0 Å². The number of carbonyl (C=O) groups excluding carboxylic acids is 2. The smallest absolute Gasteiger partial charge is 0.312 e. The molecule has 1 aliphatic rings. The van der Waals surface area contributed by atoms with Crippen molar-refractivity contribution in [3.63, 3.8) is 0 Å². The molecule has 0 spiro atoms. The molecule has 0 radical (unpaired) electrons. The minimum atomic E-state index is -0.421. The zero-order chi connectivity index (χ0) is 15.3. The van der Waals surface area contributed by atoms with Crippen LogP contribution in [0.2, 0.25) is 0 Å². The van der Waals surface area contributed by atoms with Gasteiger partial charge in [0.2, 0.25) is 0 Å². The Hall–Kier alpha value is -1.14. The fourth-order valence-electron chi connectivity index (χ4n) is 2.49. The minimum Gasteiger partial charge on any atom is -0.395 e. The standard InChI is InChI=1S/C14H27N3O3/c1-5-17(14(2,3)4)13(20)12(19)16-8-6-15(7-9-16)10-11-18/h18H,5-11H2,1-4H3. The Kier molecular flexibility index (Phi) is 5.95. The van der Waals surface area contributed by atoms with Gasteiger partial charge in [0.05, 0.1) is 6.61 Å². The molecule has 0 saturated carbocycles. The van der Waals surface area contributed by atoms with Gasteiger partial charge in [-0.25, -0.2) is 0 Å². The summed E-state index contributed by atoms with van der Waals surface area (Å²) in [6.07, 6.45) is 0. The average Bonchev–Trinajstić information content (AvgIpc) is 2.38. The van der Waals surface area contributed by atoms with Crippen LogP contribution in [-0.2, 0) is 9.59 Å². The fraction of sp³-hybridized carbons (Fsp3) is 0.857. The van der Waals surface area contributed by atoms with Gasteiger partial charge in [-0.15, -0.1) is 0 Å². The largest absolute Gasteiger partial charge is 0.395 e. The van der Waals surface area contributed by atoms with Crippen LogP contribution in [0.3, 0.4) is 0 Å². The van der Waals surface area contributed by atoms with E-state index in [1.807, 2.05) is 27.7 Å². The lowest BCUT2D eigenvalue weighted by Crippen LogP contribution is -2.56. The third-order valence-corrected chi connectivity index (χ3v) is 3.63. The van der Waals surface area contributed by atoms with E-state index in [4.69, 9.17) is 5.11 Å². The highest BCUT2D eigenvalue weighted by Gasteiger charge is 2.33. The van der Waals surface area contributed by atoms with Gasteiger partial charge in [-0.3, -0.25) is 14.5 Å².